The molecule has 0 saturated carbocycles. The Morgan fingerprint density at radius 3 is 2.26 bits per heavy atom. The molecule has 1 saturated heterocycles. The maximum atomic E-state index is 12.3. The van der Waals surface area contributed by atoms with E-state index in [1.165, 1.54) is 0 Å². The number of piperazine rings is 1. The van der Waals surface area contributed by atoms with Gasteiger partial charge in [0.05, 0.1) is 0 Å². The van der Waals surface area contributed by atoms with E-state index in [9.17, 15) is 4.79 Å². The topological polar surface area (TPSA) is 44.4 Å². The van der Waals surface area contributed by atoms with Crippen LogP contribution in [0.25, 0.3) is 0 Å². The summed E-state index contributed by atoms with van der Waals surface area (Å²) < 4.78 is 0. The highest BCUT2D eigenvalue weighted by atomic mass is 35.5. The standard InChI is InChI=1S/C13H17Cl2N3O/c1-8-6-16-7-9(2)18(8)13(19)17-12-4-10(14)3-11(15)5-12/h3-5,8-9,16H,6-7H2,1-2H3,(H,17,19). The van der Waals surface area contributed by atoms with E-state index >= 15 is 0 Å². The molecule has 1 fully saturated rings. The van der Waals surface area contributed by atoms with Crippen LogP contribution in [0.15, 0.2) is 18.2 Å². The van der Waals surface area contributed by atoms with Gasteiger partial charge in [-0.2, -0.15) is 0 Å². The molecular weight excluding hydrogens is 285 g/mol. The molecule has 1 aliphatic heterocycles. The number of nitrogens with zero attached hydrogens (tertiary/aromatic N) is 1. The molecular formula is C13H17Cl2N3O. The fourth-order valence-corrected chi connectivity index (χ4v) is 2.87. The van der Waals surface area contributed by atoms with Crippen molar-refractivity contribution in [3.63, 3.8) is 0 Å². The largest absolute Gasteiger partial charge is 0.322 e. The van der Waals surface area contributed by atoms with Crippen molar-refractivity contribution in [2.75, 3.05) is 18.4 Å². The average molecular weight is 302 g/mol. The minimum atomic E-state index is -0.125. The van der Waals surface area contributed by atoms with E-state index in [1.807, 2.05) is 18.7 Å². The van der Waals surface area contributed by atoms with Gasteiger partial charge in [0.2, 0.25) is 0 Å². The molecule has 1 aromatic rings. The van der Waals surface area contributed by atoms with Gasteiger partial charge in [0.15, 0.2) is 0 Å². The van der Waals surface area contributed by atoms with E-state index in [0.717, 1.165) is 13.1 Å². The molecule has 2 N–H and O–H groups in total. The molecule has 0 radical (unpaired) electrons. The molecule has 104 valence electrons. The molecule has 2 atom stereocenters. The van der Waals surface area contributed by atoms with Crippen molar-refractivity contribution in [2.24, 2.45) is 0 Å². The van der Waals surface area contributed by atoms with Crippen molar-refractivity contribution >= 4 is 34.9 Å². The van der Waals surface area contributed by atoms with Crippen LogP contribution in [0.5, 0.6) is 0 Å². The van der Waals surface area contributed by atoms with Crippen LogP contribution in [0.2, 0.25) is 10.0 Å². The molecule has 0 spiro atoms. The number of anilines is 1. The molecule has 1 aliphatic rings. The molecule has 0 aliphatic carbocycles. The Balaban J connectivity index is 2.11. The SMILES string of the molecule is CC1CNCC(C)N1C(=O)Nc1cc(Cl)cc(Cl)c1. The fraction of sp³-hybridized carbons (Fsp3) is 0.462. The van der Waals surface area contributed by atoms with Crippen LogP contribution in [0.1, 0.15) is 13.8 Å². The summed E-state index contributed by atoms with van der Waals surface area (Å²) in [6.45, 7) is 5.64. The molecule has 1 aromatic carbocycles. The lowest BCUT2D eigenvalue weighted by Gasteiger charge is -2.39. The van der Waals surface area contributed by atoms with E-state index in [4.69, 9.17) is 23.2 Å². The third-order valence-electron chi connectivity index (χ3n) is 3.18. The van der Waals surface area contributed by atoms with Crippen molar-refractivity contribution in [2.45, 2.75) is 25.9 Å². The van der Waals surface area contributed by atoms with E-state index < -0.39 is 0 Å². The van der Waals surface area contributed by atoms with Crippen LogP contribution in [-0.2, 0) is 0 Å². The van der Waals surface area contributed by atoms with E-state index in [2.05, 4.69) is 10.6 Å². The Morgan fingerprint density at radius 1 is 1.21 bits per heavy atom. The summed E-state index contributed by atoms with van der Waals surface area (Å²) in [6, 6.07) is 5.18. The van der Waals surface area contributed by atoms with Crippen LogP contribution in [0.4, 0.5) is 10.5 Å². The summed E-state index contributed by atoms with van der Waals surface area (Å²) in [5.74, 6) is 0. The summed E-state index contributed by atoms with van der Waals surface area (Å²) in [4.78, 5) is 14.2. The number of hydrogen-bond acceptors (Lipinski definition) is 2. The molecule has 2 unspecified atom stereocenters. The Kier molecular flexibility index (Phi) is 4.55. The second kappa shape index (κ2) is 5.99. The van der Waals surface area contributed by atoms with Crippen LogP contribution in [0.3, 0.4) is 0 Å². The van der Waals surface area contributed by atoms with Crippen LogP contribution < -0.4 is 10.6 Å². The first-order valence-corrected chi connectivity index (χ1v) is 6.99. The predicted molar refractivity (Wildman–Crippen MR) is 79.1 cm³/mol. The van der Waals surface area contributed by atoms with Gasteiger partial charge in [-0.25, -0.2) is 4.79 Å². The summed E-state index contributed by atoms with van der Waals surface area (Å²) >= 11 is 11.8. The minimum absolute atomic E-state index is 0.125. The van der Waals surface area contributed by atoms with Crippen molar-refractivity contribution in [1.82, 2.24) is 10.2 Å². The smallest absolute Gasteiger partial charge is 0.317 e. The second-order valence-corrected chi connectivity index (χ2v) is 5.72. The van der Waals surface area contributed by atoms with Crippen molar-refractivity contribution in [1.29, 1.82) is 0 Å². The molecule has 2 amide bonds. The predicted octanol–water partition coefficient (Wildman–Crippen LogP) is 3.21. The molecule has 4 nitrogen and oxygen atoms in total. The van der Waals surface area contributed by atoms with Gasteiger partial charge in [-0.05, 0) is 32.0 Å². The van der Waals surface area contributed by atoms with Crippen LogP contribution in [-0.4, -0.2) is 36.1 Å². The van der Waals surface area contributed by atoms with E-state index in [0.29, 0.717) is 15.7 Å². The van der Waals surface area contributed by atoms with Crippen LogP contribution in [0, 0.1) is 0 Å². The lowest BCUT2D eigenvalue weighted by atomic mass is 10.1. The maximum absolute atomic E-state index is 12.3. The fourth-order valence-electron chi connectivity index (χ4n) is 2.35. The quantitative estimate of drug-likeness (QED) is 0.836. The van der Waals surface area contributed by atoms with Crippen molar-refractivity contribution in [3.05, 3.63) is 28.2 Å². The number of benzene rings is 1. The second-order valence-electron chi connectivity index (χ2n) is 4.85. The number of amides is 2. The third-order valence-corrected chi connectivity index (χ3v) is 3.61. The summed E-state index contributed by atoms with van der Waals surface area (Å²) in [6.07, 6.45) is 0. The first kappa shape index (κ1) is 14.4. The number of carbonyl (C=O) groups excluding carboxylic acids is 1. The monoisotopic (exact) mass is 301 g/mol. The number of urea groups is 1. The molecule has 0 aromatic heterocycles. The zero-order valence-corrected chi connectivity index (χ0v) is 12.4. The summed E-state index contributed by atoms with van der Waals surface area (Å²) in [7, 11) is 0. The minimum Gasteiger partial charge on any atom is -0.317 e. The Morgan fingerprint density at radius 2 is 1.74 bits per heavy atom. The highest BCUT2D eigenvalue weighted by molar-refractivity contribution is 6.35. The van der Waals surface area contributed by atoms with E-state index in [-0.39, 0.29) is 18.1 Å². The normalized spacial score (nSPS) is 23.3. The van der Waals surface area contributed by atoms with Gasteiger partial charge in [0.25, 0.3) is 0 Å². The van der Waals surface area contributed by atoms with Gasteiger partial charge >= 0.3 is 6.03 Å². The maximum Gasteiger partial charge on any atom is 0.322 e. The molecule has 0 bridgehead atoms. The Hall–Kier alpha value is -0.970. The lowest BCUT2D eigenvalue weighted by molar-refractivity contribution is 0.143. The zero-order valence-electron chi connectivity index (χ0n) is 10.9. The van der Waals surface area contributed by atoms with Gasteiger partial charge < -0.3 is 15.5 Å². The van der Waals surface area contributed by atoms with Gasteiger partial charge in [-0.3, -0.25) is 0 Å². The number of halogens is 2. The van der Waals surface area contributed by atoms with Crippen molar-refractivity contribution < 1.29 is 4.79 Å². The molecule has 1 heterocycles. The zero-order chi connectivity index (χ0) is 14.0. The van der Waals surface area contributed by atoms with E-state index in [1.54, 1.807) is 18.2 Å². The molecule has 2 rings (SSSR count). The van der Waals surface area contributed by atoms with Gasteiger partial charge in [0, 0.05) is 40.9 Å². The van der Waals surface area contributed by atoms with Crippen LogP contribution >= 0.6 is 23.2 Å². The Labute approximate surface area is 123 Å². The molecule has 6 heteroatoms. The summed E-state index contributed by atoms with van der Waals surface area (Å²) in [5.41, 5.74) is 0.612. The van der Waals surface area contributed by atoms with Gasteiger partial charge in [-0.15, -0.1) is 0 Å². The van der Waals surface area contributed by atoms with Gasteiger partial charge in [-0.1, -0.05) is 23.2 Å². The third kappa shape index (κ3) is 3.53. The van der Waals surface area contributed by atoms with Crippen molar-refractivity contribution in [3.8, 4) is 0 Å². The first-order valence-electron chi connectivity index (χ1n) is 6.23. The number of carbonyl (C=O) groups is 1. The molecule has 19 heavy (non-hydrogen) atoms. The highest BCUT2D eigenvalue weighted by Crippen LogP contribution is 2.23. The Bertz CT molecular complexity index is 451. The average Bonchev–Trinajstić information content (AvgIpc) is 2.26. The number of hydrogen-bond donors (Lipinski definition) is 2. The summed E-state index contributed by atoms with van der Waals surface area (Å²) in [5, 5.41) is 7.14. The van der Waals surface area contributed by atoms with Gasteiger partial charge in [0.1, 0.15) is 0 Å². The lowest BCUT2D eigenvalue weighted by Crippen LogP contribution is -2.58. The number of rotatable bonds is 1. The highest BCUT2D eigenvalue weighted by Gasteiger charge is 2.28. The first-order chi connectivity index (χ1) is 8.97. The number of nitrogens with one attached hydrogen (secondary N) is 2.